The summed E-state index contributed by atoms with van der Waals surface area (Å²) in [5.74, 6) is -0.250. The summed E-state index contributed by atoms with van der Waals surface area (Å²) in [6.45, 7) is 10.7. The van der Waals surface area contributed by atoms with E-state index in [9.17, 15) is 4.39 Å². The highest BCUT2D eigenvalue weighted by Gasteiger charge is 2.27. The molecule has 1 aliphatic rings. The minimum Gasteiger partial charge on any atom is -0.296 e. The molecular weight excluding hydrogens is 275 g/mol. The van der Waals surface area contributed by atoms with Gasteiger partial charge in [0.25, 0.3) is 0 Å². The first kappa shape index (κ1) is 15.7. The molecule has 1 saturated heterocycles. The average Bonchev–Trinajstić information content (AvgIpc) is 2.37. The molecule has 0 aromatic heterocycles. The highest BCUT2D eigenvalue weighted by molar-refractivity contribution is 6.30. The Bertz CT molecular complexity index is 430. The maximum Gasteiger partial charge on any atom is 0.125 e. The lowest BCUT2D eigenvalue weighted by molar-refractivity contribution is 0.0456. The van der Waals surface area contributed by atoms with E-state index in [-0.39, 0.29) is 5.82 Å². The van der Waals surface area contributed by atoms with Crippen LogP contribution in [0.4, 0.5) is 4.39 Å². The molecule has 1 unspecified atom stereocenters. The Morgan fingerprint density at radius 1 is 1.30 bits per heavy atom. The van der Waals surface area contributed by atoms with E-state index in [1.54, 1.807) is 6.07 Å². The minimum atomic E-state index is -0.250. The van der Waals surface area contributed by atoms with Crippen molar-refractivity contribution in [3.05, 3.63) is 34.6 Å². The highest BCUT2D eigenvalue weighted by Crippen LogP contribution is 2.20. The normalized spacial score (nSPS) is 21.6. The van der Waals surface area contributed by atoms with Gasteiger partial charge in [0.05, 0.1) is 0 Å². The Labute approximate surface area is 126 Å². The molecule has 1 heterocycles. The van der Waals surface area contributed by atoms with Crippen molar-refractivity contribution in [3.63, 3.8) is 0 Å². The van der Waals surface area contributed by atoms with Crippen molar-refractivity contribution in [1.82, 2.24) is 9.80 Å². The Morgan fingerprint density at radius 2 is 2.05 bits per heavy atom. The summed E-state index contributed by atoms with van der Waals surface area (Å²) < 4.78 is 13.4. The number of hydrogen-bond donors (Lipinski definition) is 0. The second-order valence-electron chi connectivity index (χ2n) is 5.91. The van der Waals surface area contributed by atoms with Crippen LogP contribution in [0.5, 0.6) is 0 Å². The van der Waals surface area contributed by atoms with Crippen LogP contribution >= 0.6 is 11.6 Å². The van der Waals surface area contributed by atoms with Gasteiger partial charge in [-0.15, -0.1) is 0 Å². The van der Waals surface area contributed by atoms with E-state index < -0.39 is 0 Å². The second-order valence-corrected chi connectivity index (χ2v) is 6.34. The molecule has 0 saturated carbocycles. The zero-order chi connectivity index (χ0) is 14.7. The van der Waals surface area contributed by atoms with Crippen LogP contribution in [0, 0.1) is 5.82 Å². The Morgan fingerprint density at radius 3 is 2.65 bits per heavy atom. The van der Waals surface area contributed by atoms with Gasteiger partial charge < -0.3 is 0 Å². The molecule has 0 aliphatic carbocycles. The number of halogens is 2. The molecule has 112 valence electrons. The monoisotopic (exact) mass is 298 g/mol. The van der Waals surface area contributed by atoms with Crippen molar-refractivity contribution < 1.29 is 4.39 Å². The maximum atomic E-state index is 13.4. The van der Waals surface area contributed by atoms with E-state index in [4.69, 9.17) is 11.6 Å². The van der Waals surface area contributed by atoms with Crippen molar-refractivity contribution in [2.75, 3.05) is 19.6 Å². The molecule has 4 heteroatoms. The fraction of sp³-hybridized carbons (Fsp3) is 0.625. The standard InChI is InChI=1S/C16H24ClFN2/c1-4-16-11-19(5-6-20(16)12(2)3)10-13-7-14(17)9-15(18)8-13/h7-9,12,16H,4-6,10-11H2,1-3H3. The minimum absolute atomic E-state index is 0.250. The third kappa shape index (κ3) is 3.94. The average molecular weight is 299 g/mol. The van der Waals surface area contributed by atoms with Gasteiger partial charge >= 0.3 is 0 Å². The van der Waals surface area contributed by atoms with E-state index in [0.29, 0.717) is 17.1 Å². The van der Waals surface area contributed by atoms with E-state index in [2.05, 4.69) is 30.6 Å². The van der Waals surface area contributed by atoms with Crippen molar-refractivity contribution in [2.45, 2.75) is 45.8 Å². The quantitative estimate of drug-likeness (QED) is 0.834. The van der Waals surface area contributed by atoms with E-state index in [0.717, 1.165) is 38.2 Å². The van der Waals surface area contributed by atoms with Crippen LogP contribution in [0.2, 0.25) is 5.02 Å². The van der Waals surface area contributed by atoms with Gasteiger partial charge in [-0.25, -0.2) is 4.39 Å². The molecule has 0 spiro atoms. The van der Waals surface area contributed by atoms with Gasteiger partial charge in [-0.3, -0.25) is 9.80 Å². The molecule has 1 fully saturated rings. The lowest BCUT2D eigenvalue weighted by Crippen LogP contribution is -2.54. The van der Waals surface area contributed by atoms with Crippen molar-refractivity contribution in [2.24, 2.45) is 0 Å². The van der Waals surface area contributed by atoms with Gasteiger partial charge in [0.2, 0.25) is 0 Å². The SMILES string of the molecule is CCC1CN(Cc2cc(F)cc(Cl)c2)CCN1C(C)C. The molecule has 1 aliphatic heterocycles. The third-order valence-corrected chi connectivity index (χ3v) is 4.29. The van der Waals surface area contributed by atoms with Crippen LogP contribution in [0.15, 0.2) is 18.2 Å². The summed E-state index contributed by atoms with van der Waals surface area (Å²) in [5.41, 5.74) is 0.961. The van der Waals surface area contributed by atoms with Crippen molar-refractivity contribution in [3.8, 4) is 0 Å². The Balaban J connectivity index is 2.01. The fourth-order valence-electron chi connectivity index (χ4n) is 3.08. The van der Waals surface area contributed by atoms with Crippen LogP contribution < -0.4 is 0 Å². The van der Waals surface area contributed by atoms with E-state index >= 15 is 0 Å². The van der Waals surface area contributed by atoms with Crippen LogP contribution in [0.25, 0.3) is 0 Å². The summed E-state index contributed by atoms with van der Waals surface area (Å²) in [6.07, 6.45) is 1.15. The zero-order valence-corrected chi connectivity index (χ0v) is 13.3. The first-order valence-corrected chi connectivity index (χ1v) is 7.80. The van der Waals surface area contributed by atoms with Crippen molar-refractivity contribution in [1.29, 1.82) is 0 Å². The van der Waals surface area contributed by atoms with Crippen LogP contribution in [0.3, 0.4) is 0 Å². The molecule has 1 aromatic carbocycles. The number of nitrogens with zero attached hydrogens (tertiary/aromatic N) is 2. The molecule has 0 N–H and O–H groups in total. The number of hydrogen-bond acceptors (Lipinski definition) is 2. The number of rotatable bonds is 4. The molecule has 0 amide bonds. The van der Waals surface area contributed by atoms with E-state index in [1.165, 1.54) is 6.07 Å². The van der Waals surface area contributed by atoms with Gasteiger partial charge in [-0.05, 0) is 44.0 Å². The lowest BCUT2D eigenvalue weighted by atomic mass is 10.1. The van der Waals surface area contributed by atoms with Gasteiger partial charge in [-0.2, -0.15) is 0 Å². The number of piperazine rings is 1. The summed E-state index contributed by atoms with van der Waals surface area (Å²) in [5, 5.41) is 0.479. The number of benzene rings is 1. The maximum absolute atomic E-state index is 13.4. The lowest BCUT2D eigenvalue weighted by Gasteiger charge is -2.43. The molecule has 0 bridgehead atoms. The highest BCUT2D eigenvalue weighted by atomic mass is 35.5. The Hall–Kier alpha value is -0.640. The van der Waals surface area contributed by atoms with Crippen LogP contribution in [0.1, 0.15) is 32.8 Å². The molecular formula is C16H24ClFN2. The smallest absolute Gasteiger partial charge is 0.125 e. The summed E-state index contributed by atoms with van der Waals surface area (Å²) in [7, 11) is 0. The molecule has 0 radical (unpaired) electrons. The second kappa shape index (κ2) is 6.88. The van der Waals surface area contributed by atoms with Crippen LogP contribution in [-0.2, 0) is 6.54 Å². The topological polar surface area (TPSA) is 6.48 Å². The van der Waals surface area contributed by atoms with Crippen molar-refractivity contribution >= 4 is 11.6 Å². The fourth-order valence-corrected chi connectivity index (χ4v) is 3.33. The first-order chi connectivity index (χ1) is 9.49. The molecule has 20 heavy (non-hydrogen) atoms. The predicted octanol–water partition coefficient (Wildman–Crippen LogP) is 3.78. The zero-order valence-electron chi connectivity index (χ0n) is 12.6. The first-order valence-electron chi connectivity index (χ1n) is 7.42. The van der Waals surface area contributed by atoms with E-state index in [1.807, 2.05) is 6.07 Å². The predicted molar refractivity (Wildman–Crippen MR) is 82.6 cm³/mol. The third-order valence-electron chi connectivity index (χ3n) is 4.08. The summed E-state index contributed by atoms with van der Waals surface area (Å²) >= 11 is 5.92. The van der Waals surface area contributed by atoms with Crippen LogP contribution in [-0.4, -0.2) is 41.5 Å². The van der Waals surface area contributed by atoms with Gasteiger partial charge in [0.1, 0.15) is 5.82 Å². The van der Waals surface area contributed by atoms with Gasteiger partial charge in [-0.1, -0.05) is 18.5 Å². The summed E-state index contributed by atoms with van der Waals surface area (Å²) in [6, 6.07) is 5.98. The van der Waals surface area contributed by atoms with Gasteiger partial charge in [0, 0.05) is 43.3 Å². The Kier molecular flexibility index (Phi) is 5.42. The molecule has 2 nitrogen and oxygen atoms in total. The summed E-state index contributed by atoms with van der Waals surface area (Å²) in [4.78, 5) is 4.97. The van der Waals surface area contributed by atoms with Gasteiger partial charge in [0.15, 0.2) is 0 Å². The molecule has 1 atom stereocenters. The molecule has 1 aromatic rings. The largest absolute Gasteiger partial charge is 0.296 e. The molecule has 2 rings (SSSR count).